The van der Waals surface area contributed by atoms with Gasteiger partial charge in [0.1, 0.15) is 5.75 Å². The van der Waals surface area contributed by atoms with Crippen molar-refractivity contribution in [2.45, 2.75) is 26.3 Å². The number of carbonyl (C=O) groups excluding carboxylic acids is 2. The summed E-state index contributed by atoms with van der Waals surface area (Å²) in [6.45, 7) is 3.51. The Labute approximate surface area is 144 Å². The summed E-state index contributed by atoms with van der Waals surface area (Å²) in [5.74, 6) is -0.367. The van der Waals surface area contributed by atoms with Crippen molar-refractivity contribution >= 4 is 23.2 Å². The Balaban J connectivity index is 1.50. The molecule has 1 aliphatic heterocycles. The van der Waals surface area contributed by atoms with E-state index in [2.05, 4.69) is 16.8 Å². The van der Waals surface area contributed by atoms with Crippen LogP contribution in [0.4, 0.5) is 0 Å². The number of nitrogens with one attached hydrogen (secondary N) is 1. The van der Waals surface area contributed by atoms with Gasteiger partial charge in [-0.2, -0.15) is 0 Å². The molecule has 1 aromatic heterocycles. The normalized spacial score (nSPS) is 13.5. The van der Waals surface area contributed by atoms with E-state index >= 15 is 0 Å². The van der Waals surface area contributed by atoms with Crippen LogP contribution in [0.5, 0.6) is 5.75 Å². The highest BCUT2D eigenvalue weighted by Crippen LogP contribution is 2.24. The van der Waals surface area contributed by atoms with Gasteiger partial charge in [-0.05, 0) is 42.5 Å². The molecule has 2 heterocycles. The molecule has 2 aromatic rings. The van der Waals surface area contributed by atoms with Gasteiger partial charge in [0.25, 0.3) is 5.91 Å². The van der Waals surface area contributed by atoms with E-state index in [1.54, 1.807) is 23.5 Å². The maximum Gasteiger partial charge on any atom is 0.255 e. The van der Waals surface area contributed by atoms with Gasteiger partial charge in [-0.1, -0.05) is 11.6 Å². The molecule has 1 aromatic carbocycles. The van der Waals surface area contributed by atoms with E-state index in [0.717, 1.165) is 18.5 Å². The quantitative estimate of drug-likeness (QED) is 0.895. The number of phenols is 1. The molecule has 126 valence electrons. The molecule has 1 aliphatic rings. The number of carbonyl (C=O) groups is 2. The van der Waals surface area contributed by atoms with Gasteiger partial charge in [-0.3, -0.25) is 9.59 Å². The Morgan fingerprint density at radius 2 is 2.17 bits per heavy atom. The van der Waals surface area contributed by atoms with Gasteiger partial charge >= 0.3 is 0 Å². The summed E-state index contributed by atoms with van der Waals surface area (Å²) in [4.78, 5) is 27.6. The fraction of sp³-hybridized carbons (Fsp3) is 0.333. The topological polar surface area (TPSA) is 69.6 Å². The number of benzene rings is 1. The summed E-state index contributed by atoms with van der Waals surface area (Å²) in [6.07, 6.45) is 1.17. The van der Waals surface area contributed by atoms with Gasteiger partial charge in [0, 0.05) is 30.9 Å². The van der Waals surface area contributed by atoms with Crippen molar-refractivity contribution in [2.75, 3.05) is 13.1 Å². The Morgan fingerprint density at radius 3 is 3.00 bits per heavy atom. The zero-order valence-electron chi connectivity index (χ0n) is 13.5. The summed E-state index contributed by atoms with van der Waals surface area (Å²) >= 11 is 1.74. The third kappa shape index (κ3) is 3.59. The van der Waals surface area contributed by atoms with Crippen molar-refractivity contribution in [3.63, 3.8) is 0 Å². The molecule has 2 amide bonds. The molecular weight excluding hydrogens is 324 g/mol. The molecule has 2 N–H and O–H groups in total. The largest absolute Gasteiger partial charge is 0.507 e. The first-order chi connectivity index (χ1) is 11.5. The number of phenolic OH excluding ortho intramolecular Hbond substituents is 1. The van der Waals surface area contributed by atoms with Crippen LogP contribution in [-0.4, -0.2) is 34.9 Å². The van der Waals surface area contributed by atoms with E-state index in [1.807, 2.05) is 11.8 Å². The number of thiophene rings is 1. The van der Waals surface area contributed by atoms with Gasteiger partial charge in [0.15, 0.2) is 0 Å². The molecular formula is C18H20N2O3S. The maximum absolute atomic E-state index is 12.3. The first-order valence-electron chi connectivity index (χ1n) is 7.95. The van der Waals surface area contributed by atoms with Crippen molar-refractivity contribution in [1.82, 2.24) is 10.2 Å². The summed E-state index contributed by atoms with van der Waals surface area (Å²) in [5, 5.41) is 14.5. The predicted molar refractivity (Wildman–Crippen MR) is 93.2 cm³/mol. The minimum atomic E-state index is -0.359. The van der Waals surface area contributed by atoms with Gasteiger partial charge < -0.3 is 15.3 Å². The lowest BCUT2D eigenvalue weighted by Gasteiger charge is -2.27. The Hall–Kier alpha value is -2.34. The van der Waals surface area contributed by atoms with E-state index in [1.165, 1.54) is 16.5 Å². The van der Waals surface area contributed by atoms with Crippen LogP contribution in [0.25, 0.3) is 0 Å². The Morgan fingerprint density at radius 1 is 1.33 bits per heavy atom. The second kappa shape index (κ2) is 7.05. The third-order valence-electron chi connectivity index (χ3n) is 4.18. The van der Waals surface area contributed by atoms with E-state index in [-0.39, 0.29) is 36.1 Å². The highest BCUT2D eigenvalue weighted by Gasteiger charge is 2.21. The highest BCUT2D eigenvalue weighted by atomic mass is 32.1. The van der Waals surface area contributed by atoms with E-state index < -0.39 is 0 Å². The summed E-state index contributed by atoms with van der Waals surface area (Å²) < 4.78 is 0. The monoisotopic (exact) mass is 344 g/mol. The smallest absolute Gasteiger partial charge is 0.255 e. The Kier molecular flexibility index (Phi) is 4.85. The maximum atomic E-state index is 12.3. The fourth-order valence-corrected chi connectivity index (χ4v) is 3.72. The number of hydrogen-bond acceptors (Lipinski definition) is 4. The molecule has 3 rings (SSSR count). The number of fused-ring (bicyclic) bond motifs is 1. The van der Waals surface area contributed by atoms with E-state index in [4.69, 9.17) is 0 Å². The average Bonchev–Trinajstić information content (AvgIpc) is 3.04. The molecule has 0 unspecified atom stereocenters. The lowest BCUT2D eigenvalue weighted by Crippen LogP contribution is -2.37. The fourth-order valence-electron chi connectivity index (χ4n) is 2.83. The number of aromatic hydroxyl groups is 1. The molecule has 0 bridgehead atoms. The van der Waals surface area contributed by atoms with Gasteiger partial charge in [-0.25, -0.2) is 0 Å². The van der Waals surface area contributed by atoms with Crippen LogP contribution in [0.3, 0.4) is 0 Å². The number of rotatable bonds is 4. The second-order valence-electron chi connectivity index (χ2n) is 5.96. The molecule has 0 spiro atoms. The van der Waals surface area contributed by atoms with Crippen molar-refractivity contribution < 1.29 is 14.7 Å². The Bertz CT molecular complexity index is 769. The van der Waals surface area contributed by atoms with Crippen LogP contribution in [0.2, 0.25) is 0 Å². The van der Waals surface area contributed by atoms with Crippen LogP contribution >= 0.6 is 11.3 Å². The highest BCUT2D eigenvalue weighted by molar-refractivity contribution is 7.10. The molecule has 24 heavy (non-hydrogen) atoms. The van der Waals surface area contributed by atoms with Crippen molar-refractivity contribution in [3.8, 4) is 5.75 Å². The SMILES string of the molecule is Cc1ccc(O)c(C(=O)NCCC(=O)N2CCc3sccc3C2)c1. The molecule has 5 nitrogen and oxygen atoms in total. The lowest BCUT2D eigenvalue weighted by atomic mass is 10.1. The standard InChI is InChI=1S/C18H20N2O3S/c1-12-2-3-15(21)14(10-12)18(23)19-7-4-17(22)20-8-5-16-13(11-20)6-9-24-16/h2-3,6,9-10,21H,4-5,7-8,11H2,1H3,(H,19,23). The minimum Gasteiger partial charge on any atom is -0.507 e. The van der Waals surface area contributed by atoms with Crippen molar-refractivity contribution in [3.05, 3.63) is 51.2 Å². The molecule has 0 saturated heterocycles. The summed E-state index contributed by atoms with van der Waals surface area (Å²) in [7, 11) is 0. The molecule has 6 heteroatoms. The first-order valence-corrected chi connectivity index (χ1v) is 8.83. The zero-order chi connectivity index (χ0) is 17.1. The van der Waals surface area contributed by atoms with Crippen LogP contribution < -0.4 is 5.32 Å². The second-order valence-corrected chi connectivity index (χ2v) is 6.96. The van der Waals surface area contributed by atoms with Gasteiger partial charge in [0.05, 0.1) is 5.56 Å². The summed E-state index contributed by atoms with van der Waals surface area (Å²) in [5.41, 5.74) is 2.37. The minimum absolute atomic E-state index is 0.0422. The van der Waals surface area contributed by atoms with E-state index in [0.29, 0.717) is 6.54 Å². The van der Waals surface area contributed by atoms with Crippen molar-refractivity contribution in [2.24, 2.45) is 0 Å². The molecule has 0 atom stereocenters. The summed E-state index contributed by atoms with van der Waals surface area (Å²) in [6, 6.07) is 6.95. The molecule has 0 radical (unpaired) electrons. The zero-order valence-corrected chi connectivity index (χ0v) is 14.4. The molecule has 0 aliphatic carbocycles. The first kappa shape index (κ1) is 16.5. The third-order valence-corrected chi connectivity index (χ3v) is 5.20. The van der Waals surface area contributed by atoms with Crippen molar-refractivity contribution in [1.29, 1.82) is 0 Å². The van der Waals surface area contributed by atoms with Crippen LogP contribution in [0.1, 0.15) is 32.8 Å². The molecule has 0 fully saturated rings. The molecule has 0 saturated carbocycles. The number of amides is 2. The van der Waals surface area contributed by atoms with Crippen LogP contribution in [0, 0.1) is 6.92 Å². The van der Waals surface area contributed by atoms with Gasteiger partial charge in [0.2, 0.25) is 5.91 Å². The van der Waals surface area contributed by atoms with E-state index in [9.17, 15) is 14.7 Å². The number of aryl methyl sites for hydroxylation is 1. The average molecular weight is 344 g/mol. The van der Waals surface area contributed by atoms with Crippen LogP contribution in [-0.2, 0) is 17.8 Å². The van der Waals surface area contributed by atoms with Gasteiger partial charge in [-0.15, -0.1) is 11.3 Å². The number of hydrogen-bond donors (Lipinski definition) is 2. The number of nitrogens with zero attached hydrogens (tertiary/aromatic N) is 1. The lowest BCUT2D eigenvalue weighted by molar-refractivity contribution is -0.131. The van der Waals surface area contributed by atoms with Crippen LogP contribution in [0.15, 0.2) is 29.6 Å². The predicted octanol–water partition coefficient (Wildman–Crippen LogP) is 2.47.